The Morgan fingerprint density at radius 1 is 1.21 bits per heavy atom. The van der Waals surface area contributed by atoms with Crippen molar-refractivity contribution in [3.8, 4) is 5.75 Å². The predicted molar refractivity (Wildman–Crippen MR) is 113 cm³/mol. The maximum absolute atomic E-state index is 11.8. The lowest BCUT2D eigenvalue weighted by molar-refractivity contribution is -0.150. The minimum absolute atomic E-state index is 0.316. The van der Waals surface area contributed by atoms with Crippen LogP contribution < -0.4 is 9.64 Å². The van der Waals surface area contributed by atoms with Crippen LogP contribution in [-0.4, -0.2) is 35.9 Å². The summed E-state index contributed by atoms with van der Waals surface area (Å²) in [6.07, 6.45) is -0.696. The van der Waals surface area contributed by atoms with Gasteiger partial charge in [0.2, 0.25) is 0 Å². The number of halogens is 2. The van der Waals surface area contributed by atoms with Gasteiger partial charge in [0.15, 0.2) is 11.9 Å². The van der Waals surface area contributed by atoms with Gasteiger partial charge in [-0.3, -0.25) is 0 Å². The lowest BCUT2D eigenvalue weighted by Crippen LogP contribution is -2.26. The molecule has 0 saturated heterocycles. The second kappa shape index (κ2) is 8.75. The maximum atomic E-state index is 11.8. The van der Waals surface area contributed by atoms with Crippen LogP contribution in [0.5, 0.6) is 5.75 Å². The van der Waals surface area contributed by atoms with Gasteiger partial charge in [0.25, 0.3) is 0 Å². The van der Waals surface area contributed by atoms with Crippen LogP contribution in [0.4, 0.5) is 11.5 Å². The molecule has 1 unspecified atom stereocenters. The average molecular weight is 465 g/mol. The summed E-state index contributed by atoms with van der Waals surface area (Å²) in [5.41, 5.74) is 1.62. The number of benzene rings is 2. The summed E-state index contributed by atoms with van der Waals surface area (Å²) >= 11 is 9.50. The number of esters is 1. The predicted octanol–water partition coefficient (Wildman–Crippen LogP) is 5.14. The SMILES string of the molecule is CCOC(=O)C(C)Oc1ccc(N(C)c2cc3ccc(Cl)cc3nn2)cc1Br. The molecule has 0 saturated carbocycles. The molecule has 3 rings (SSSR count). The molecular formula is C20H19BrClN3O3. The van der Waals surface area contributed by atoms with Gasteiger partial charge in [-0.05, 0) is 66.2 Å². The first-order valence-electron chi connectivity index (χ1n) is 8.68. The Hall–Kier alpha value is -2.38. The minimum Gasteiger partial charge on any atom is -0.478 e. The standard InChI is InChI=1S/C20H19BrClN3O3/c1-4-27-20(26)12(2)28-18-8-7-15(11-16(18)21)25(3)19-9-13-5-6-14(22)10-17(13)23-24-19/h5-12H,4H2,1-3H3. The van der Waals surface area contributed by atoms with Gasteiger partial charge in [-0.2, -0.15) is 0 Å². The Balaban J connectivity index is 1.81. The van der Waals surface area contributed by atoms with Gasteiger partial charge in [-0.1, -0.05) is 17.7 Å². The van der Waals surface area contributed by atoms with Gasteiger partial charge in [0.1, 0.15) is 5.75 Å². The van der Waals surface area contributed by atoms with Crippen LogP contribution >= 0.6 is 27.5 Å². The summed E-state index contributed by atoms with van der Waals surface area (Å²) in [5, 5.41) is 10.1. The molecular weight excluding hydrogens is 446 g/mol. The number of carbonyl (C=O) groups is 1. The molecule has 146 valence electrons. The Labute approximate surface area is 176 Å². The molecule has 1 heterocycles. The number of anilines is 2. The van der Waals surface area contributed by atoms with Crippen molar-refractivity contribution in [3.63, 3.8) is 0 Å². The van der Waals surface area contributed by atoms with E-state index in [9.17, 15) is 4.79 Å². The second-order valence-electron chi connectivity index (χ2n) is 6.09. The number of hydrogen-bond donors (Lipinski definition) is 0. The third kappa shape index (κ3) is 4.54. The maximum Gasteiger partial charge on any atom is 0.347 e. The van der Waals surface area contributed by atoms with Crippen molar-refractivity contribution in [1.29, 1.82) is 0 Å². The van der Waals surface area contributed by atoms with Gasteiger partial charge in [0.05, 0.1) is 16.6 Å². The average Bonchev–Trinajstić information content (AvgIpc) is 2.68. The number of fused-ring (bicyclic) bond motifs is 1. The van der Waals surface area contributed by atoms with Crippen LogP contribution in [0.2, 0.25) is 5.02 Å². The number of nitrogens with zero attached hydrogens (tertiary/aromatic N) is 3. The van der Waals surface area contributed by atoms with Gasteiger partial charge < -0.3 is 14.4 Å². The Bertz CT molecular complexity index is 1020. The van der Waals surface area contributed by atoms with Gasteiger partial charge in [0, 0.05) is 23.1 Å². The smallest absolute Gasteiger partial charge is 0.347 e. The highest BCUT2D eigenvalue weighted by Crippen LogP contribution is 2.33. The normalized spacial score (nSPS) is 11.9. The molecule has 3 aromatic rings. The number of aromatic nitrogens is 2. The van der Waals surface area contributed by atoms with Crippen LogP contribution in [0.1, 0.15) is 13.8 Å². The van der Waals surface area contributed by atoms with Crippen molar-refractivity contribution < 1.29 is 14.3 Å². The fraction of sp³-hybridized carbons (Fsp3) is 0.250. The summed E-state index contributed by atoms with van der Waals surface area (Å²) in [5.74, 6) is 0.842. The topological polar surface area (TPSA) is 64.6 Å². The first-order valence-corrected chi connectivity index (χ1v) is 9.85. The lowest BCUT2D eigenvalue weighted by atomic mass is 10.2. The van der Waals surface area contributed by atoms with E-state index < -0.39 is 12.1 Å². The van der Waals surface area contributed by atoms with E-state index in [2.05, 4.69) is 26.1 Å². The number of rotatable bonds is 6. The molecule has 0 aliphatic rings. The Morgan fingerprint density at radius 2 is 2.00 bits per heavy atom. The van der Waals surface area contributed by atoms with E-state index in [4.69, 9.17) is 21.1 Å². The highest BCUT2D eigenvalue weighted by Gasteiger charge is 2.18. The summed E-state index contributed by atoms with van der Waals surface area (Å²) in [6, 6.07) is 13.0. The third-order valence-corrected chi connectivity index (χ3v) is 4.96. The van der Waals surface area contributed by atoms with E-state index in [0.29, 0.717) is 27.7 Å². The summed E-state index contributed by atoms with van der Waals surface area (Å²) in [6.45, 7) is 3.73. The molecule has 2 aromatic carbocycles. The molecule has 1 aromatic heterocycles. The molecule has 6 nitrogen and oxygen atoms in total. The summed E-state index contributed by atoms with van der Waals surface area (Å²) < 4.78 is 11.4. The first-order chi connectivity index (χ1) is 13.4. The number of ether oxygens (including phenoxy) is 2. The van der Waals surface area contributed by atoms with Crippen LogP contribution in [0.15, 0.2) is 46.9 Å². The fourth-order valence-corrected chi connectivity index (χ4v) is 3.21. The highest BCUT2D eigenvalue weighted by molar-refractivity contribution is 9.10. The monoisotopic (exact) mass is 463 g/mol. The van der Waals surface area contributed by atoms with E-state index >= 15 is 0 Å². The zero-order valence-corrected chi connectivity index (χ0v) is 18.0. The van der Waals surface area contributed by atoms with Crippen LogP contribution in [-0.2, 0) is 9.53 Å². The van der Waals surface area contributed by atoms with Gasteiger partial charge in [-0.15, -0.1) is 10.2 Å². The van der Waals surface area contributed by atoms with Crippen molar-refractivity contribution in [2.75, 3.05) is 18.6 Å². The highest BCUT2D eigenvalue weighted by atomic mass is 79.9. The van der Waals surface area contributed by atoms with Crippen LogP contribution in [0.3, 0.4) is 0 Å². The molecule has 0 aliphatic carbocycles. The third-order valence-electron chi connectivity index (χ3n) is 4.11. The summed E-state index contributed by atoms with van der Waals surface area (Å²) in [7, 11) is 1.90. The molecule has 0 fully saturated rings. The van der Waals surface area contributed by atoms with E-state index in [1.165, 1.54) is 0 Å². The molecule has 0 bridgehead atoms. The largest absolute Gasteiger partial charge is 0.478 e. The molecule has 0 N–H and O–H groups in total. The quantitative estimate of drug-likeness (QED) is 0.470. The number of carbonyl (C=O) groups excluding carboxylic acids is 1. The van der Waals surface area contributed by atoms with Crippen LogP contribution in [0, 0.1) is 0 Å². The van der Waals surface area contributed by atoms with E-state index in [0.717, 1.165) is 16.6 Å². The molecule has 8 heteroatoms. The first kappa shape index (κ1) is 20.4. The molecule has 0 aliphatic heterocycles. The molecule has 0 amide bonds. The number of hydrogen-bond acceptors (Lipinski definition) is 6. The van der Waals surface area contributed by atoms with Crippen molar-refractivity contribution in [2.24, 2.45) is 0 Å². The lowest BCUT2D eigenvalue weighted by Gasteiger charge is -2.20. The second-order valence-corrected chi connectivity index (χ2v) is 7.38. The molecule has 0 radical (unpaired) electrons. The minimum atomic E-state index is -0.696. The van der Waals surface area contributed by atoms with Crippen molar-refractivity contribution in [2.45, 2.75) is 20.0 Å². The molecule has 0 spiro atoms. The van der Waals surface area contributed by atoms with Gasteiger partial charge >= 0.3 is 5.97 Å². The van der Waals surface area contributed by atoms with Crippen molar-refractivity contribution >= 4 is 55.9 Å². The summed E-state index contributed by atoms with van der Waals surface area (Å²) in [4.78, 5) is 13.7. The van der Waals surface area contributed by atoms with E-state index in [1.54, 1.807) is 26.0 Å². The van der Waals surface area contributed by atoms with Crippen LogP contribution in [0.25, 0.3) is 10.9 Å². The van der Waals surface area contributed by atoms with Crippen molar-refractivity contribution in [3.05, 3.63) is 52.0 Å². The Kier molecular flexibility index (Phi) is 6.36. The zero-order chi connectivity index (χ0) is 20.3. The zero-order valence-electron chi connectivity index (χ0n) is 15.6. The molecule has 28 heavy (non-hydrogen) atoms. The van der Waals surface area contributed by atoms with E-state index in [1.807, 2.05) is 42.3 Å². The van der Waals surface area contributed by atoms with Gasteiger partial charge in [-0.25, -0.2) is 4.79 Å². The molecule has 1 atom stereocenters. The Morgan fingerprint density at radius 3 is 2.71 bits per heavy atom. The van der Waals surface area contributed by atoms with E-state index in [-0.39, 0.29) is 0 Å². The fourth-order valence-electron chi connectivity index (χ4n) is 2.59. The van der Waals surface area contributed by atoms with Crippen molar-refractivity contribution in [1.82, 2.24) is 10.2 Å².